The molecule has 2 rings (SSSR count). The van der Waals surface area contributed by atoms with E-state index in [9.17, 15) is 0 Å². The van der Waals surface area contributed by atoms with Gasteiger partial charge in [0.2, 0.25) is 0 Å². The summed E-state index contributed by atoms with van der Waals surface area (Å²) < 4.78 is 11.3. The monoisotopic (exact) mass is 273 g/mol. The van der Waals surface area contributed by atoms with Crippen molar-refractivity contribution < 1.29 is 9.47 Å². The zero-order valence-electron chi connectivity index (χ0n) is 12.0. The second-order valence-corrected chi connectivity index (χ2v) is 5.42. The highest BCUT2D eigenvalue weighted by Gasteiger charge is 2.12. The van der Waals surface area contributed by atoms with E-state index in [4.69, 9.17) is 14.7 Å². The van der Waals surface area contributed by atoms with Crippen LogP contribution in [-0.4, -0.2) is 19.8 Å². The maximum atomic E-state index is 8.70. The van der Waals surface area contributed by atoms with Crippen LogP contribution in [0.15, 0.2) is 24.3 Å². The first-order chi connectivity index (χ1) is 9.88. The Kier molecular flexibility index (Phi) is 6.40. The Balaban J connectivity index is 1.51. The molecule has 108 valence electrons. The van der Waals surface area contributed by atoms with Crippen molar-refractivity contribution in [2.75, 3.05) is 19.8 Å². The number of hydrogen-bond acceptors (Lipinski definition) is 3. The molecule has 1 aliphatic rings. The summed E-state index contributed by atoms with van der Waals surface area (Å²) in [6.07, 6.45) is 7.72. The fourth-order valence-corrected chi connectivity index (χ4v) is 2.58. The Hall–Kier alpha value is -1.53. The van der Waals surface area contributed by atoms with E-state index in [2.05, 4.69) is 6.07 Å². The predicted octanol–water partition coefficient (Wildman–Crippen LogP) is 3.92. The molecule has 20 heavy (non-hydrogen) atoms. The van der Waals surface area contributed by atoms with Crippen molar-refractivity contribution >= 4 is 0 Å². The van der Waals surface area contributed by atoms with Gasteiger partial charge in [-0.25, -0.2) is 0 Å². The lowest BCUT2D eigenvalue weighted by molar-refractivity contribution is 0.0766. The van der Waals surface area contributed by atoms with Gasteiger partial charge in [0.25, 0.3) is 0 Å². The normalized spacial score (nSPS) is 15.8. The molecule has 1 aromatic carbocycles. The van der Waals surface area contributed by atoms with Gasteiger partial charge in [0.15, 0.2) is 0 Å². The van der Waals surface area contributed by atoms with Crippen molar-refractivity contribution in [2.24, 2.45) is 5.92 Å². The average Bonchev–Trinajstić information content (AvgIpc) is 2.52. The van der Waals surface area contributed by atoms with Crippen LogP contribution in [0, 0.1) is 17.2 Å². The molecule has 3 nitrogen and oxygen atoms in total. The third-order valence-corrected chi connectivity index (χ3v) is 3.76. The quantitative estimate of drug-likeness (QED) is 0.707. The number of rotatable bonds is 7. The molecule has 0 radical (unpaired) electrons. The molecule has 0 atom stereocenters. The van der Waals surface area contributed by atoms with Crippen molar-refractivity contribution in [3.05, 3.63) is 29.8 Å². The summed E-state index contributed by atoms with van der Waals surface area (Å²) in [5.74, 6) is 1.60. The Bertz CT molecular complexity index is 416. The van der Waals surface area contributed by atoms with Gasteiger partial charge in [-0.2, -0.15) is 5.26 Å². The lowest BCUT2D eigenvalue weighted by atomic mass is 9.90. The molecule has 0 spiro atoms. The fourth-order valence-electron chi connectivity index (χ4n) is 2.58. The maximum Gasteiger partial charge on any atom is 0.119 e. The van der Waals surface area contributed by atoms with Gasteiger partial charge in [0.1, 0.15) is 5.75 Å². The molecule has 1 saturated carbocycles. The van der Waals surface area contributed by atoms with E-state index in [1.165, 1.54) is 32.1 Å². The summed E-state index contributed by atoms with van der Waals surface area (Å²) in [5, 5.41) is 8.70. The summed E-state index contributed by atoms with van der Waals surface area (Å²) in [4.78, 5) is 0. The maximum absolute atomic E-state index is 8.70. The topological polar surface area (TPSA) is 42.2 Å². The van der Waals surface area contributed by atoms with Gasteiger partial charge in [-0.05, 0) is 43.0 Å². The van der Waals surface area contributed by atoms with Crippen molar-refractivity contribution in [3.63, 3.8) is 0 Å². The molecule has 0 aromatic heterocycles. The van der Waals surface area contributed by atoms with Gasteiger partial charge in [0, 0.05) is 19.6 Å². The second-order valence-electron chi connectivity index (χ2n) is 5.42. The SMILES string of the molecule is N#Cc1ccc(OCCCOCC2CCCCC2)cc1. The van der Waals surface area contributed by atoms with E-state index in [0.29, 0.717) is 12.2 Å². The minimum absolute atomic E-state index is 0.660. The van der Waals surface area contributed by atoms with Gasteiger partial charge < -0.3 is 9.47 Å². The number of nitriles is 1. The third kappa shape index (κ3) is 5.22. The van der Waals surface area contributed by atoms with Gasteiger partial charge in [-0.3, -0.25) is 0 Å². The molecule has 0 saturated heterocycles. The van der Waals surface area contributed by atoms with Crippen molar-refractivity contribution in [2.45, 2.75) is 38.5 Å². The molecule has 1 aliphatic carbocycles. The van der Waals surface area contributed by atoms with E-state index < -0.39 is 0 Å². The van der Waals surface area contributed by atoms with E-state index in [0.717, 1.165) is 31.3 Å². The Morgan fingerprint density at radius 2 is 1.80 bits per heavy atom. The summed E-state index contributed by atoms with van der Waals surface area (Å²) in [6, 6.07) is 9.31. The zero-order chi connectivity index (χ0) is 14.0. The molecule has 0 aliphatic heterocycles. The van der Waals surface area contributed by atoms with Crippen LogP contribution in [0.1, 0.15) is 44.1 Å². The molecule has 0 heterocycles. The Morgan fingerprint density at radius 3 is 2.50 bits per heavy atom. The van der Waals surface area contributed by atoms with E-state index in [1.54, 1.807) is 12.1 Å². The number of nitrogens with zero attached hydrogens (tertiary/aromatic N) is 1. The minimum atomic E-state index is 0.660. The van der Waals surface area contributed by atoms with Gasteiger partial charge in [0.05, 0.1) is 18.2 Å². The van der Waals surface area contributed by atoms with Gasteiger partial charge >= 0.3 is 0 Å². The number of benzene rings is 1. The van der Waals surface area contributed by atoms with Crippen molar-refractivity contribution in [1.29, 1.82) is 5.26 Å². The molecule has 0 amide bonds. The molecule has 1 aromatic rings. The fraction of sp³-hybridized carbons (Fsp3) is 0.588. The van der Waals surface area contributed by atoms with Crippen LogP contribution >= 0.6 is 0 Å². The molecule has 0 unspecified atom stereocenters. The lowest BCUT2D eigenvalue weighted by Crippen LogP contribution is -2.14. The Labute approximate surface area is 121 Å². The highest BCUT2D eigenvalue weighted by molar-refractivity contribution is 5.34. The second kappa shape index (κ2) is 8.60. The molecular formula is C17H23NO2. The van der Waals surface area contributed by atoms with Crippen molar-refractivity contribution in [3.8, 4) is 11.8 Å². The van der Waals surface area contributed by atoms with Crippen LogP contribution in [0.3, 0.4) is 0 Å². The highest BCUT2D eigenvalue weighted by Crippen LogP contribution is 2.23. The standard InChI is InChI=1S/C17H23NO2/c18-13-15-7-9-17(10-8-15)20-12-4-11-19-14-16-5-2-1-3-6-16/h7-10,16H,1-6,11-12,14H2. The predicted molar refractivity (Wildman–Crippen MR) is 78.7 cm³/mol. The number of hydrogen-bond donors (Lipinski definition) is 0. The van der Waals surface area contributed by atoms with Crippen LogP contribution in [0.5, 0.6) is 5.75 Å². The molecule has 1 fully saturated rings. The average molecular weight is 273 g/mol. The lowest BCUT2D eigenvalue weighted by Gasteiger charge is -2.21. The van der Waals surface area contributed by atoms with Crippen LogP contribution in [-0.2, 0) is 4.74 Å². The van der Waals surface area contributed by atoms with Crippen LogP contribution < -0.4 is 4.74 Å². The highest BCUT2D eigenvalue weighted by atomic mass is 16.5. The molecule has 0 bridgehead atoms. The van der Waals surface area contributed by atoms with E-state index in [-0.39, 0.29) is 0 Å². The molecule has 3 heteroatoms. The van der Waals surface area contributed by atoms with Gasteiger partial charge in [-0.15, -0.1) is 0 Å². The zero-order valence-corrected chi connectivity index (χ0v) is 12.0. The first-order valence-corrected chi connectivity index (χ1v) is 7.59. The molecule has 0 N–H and O–H groups in total. The summed E-state index contributed by atoms with van der Waals surface area (Å²) in [5.41, 5.74) is 0.660. The van der Waals surface area contributed by atoms with Crippen LogP contribution in [0.2, 0.25) is 0 Å². The first-order valence-electron chi connectivity index (χ1n) is 7.59. The van der Waals surface area contributed by atoms with Crippen molar-refractivity contribution in [1.82, 2.24) is 0 Å². The van der Waals surface area contributed by atoms with E-state index in [1.807, 2.05) is 12.1 Å². The van der Waals surface area contributed by atoms with E-state index >= 15 is 0 Å². The summed E-state index contributed by atoms with van der Waals surface area (Å²) in [7, 11) is 0. The Morgan fingerprint density at radius 1 is 1.05 bits per heavy atom. The smallest absolute Gasteiger partial charge is 0.119 e. The first kappa shape index (κ1) is 14.9. The summed E-state index contributed by atoms with van der Waals surface area (Å²) in [6.45, 7) is 2.35. The van der Waals surface area contributed by atoms with Crippen LogP contribution in [0.4, 0.5) is 0 Å². The minimum Gasteiger partial charge on any atom is -0.494 e. The number of ether oxygens (including phenoxy) is 2. The largest absolute Gasteiger partial charge is 0.494 e. The van der Waals surface area contributed by atoms with Crippen LogP contribution in [0.25, 0.3) is 0 Å². The summed E-state index contributed by atoms with van der Waals surface area (Å²) >= 11 is 0. The third-order valence-electron chi connectivity index (χ3n) is 3.76. The van der Waals surface area contributed by atoms with Gasteiger partial charge in [-0.1, -0.05) is 19.3 Å². The molecular weight excluding hydrogens is 250 g/mol.